The number of piperidine rings is 1. The first-order chi connectivity index (χ1) is 9.90. The Hall–Kier alpha value is -1.61. The van der Waals surface area contributed by atoms with Gasteiger partial charge in [-0.15, -0.1) is 0 Å². The molecule has 1 N–H and O–H groups in total. The molecule has 2 unspecified atom stereocenters. The van der Waals surface area contributed by atoms with Gasteiger partial charge in [0.05, 0.1) is 18.1 Å². The lowest BCUT2D eigenvalue weighted by atomic mass is 10.00. The van der Waals surface area contributed by atoms with Gasteiger partial charge < -0.3 is 9.88 Å². The van der Waals surface area contributed by atoms with Crippen molar-refractivity contribution >= 4 is 0 Å². The van der Waals surface area contributed by atoms with Gasteiger partial charge in [0, 0.05) is 12.2 Å². The van der Waals surface area contributed by atoms with E-state index in [1.165, 1.54) is 30.5 Å². The lowest BCUT2D eigenvalue weighted by Crippen LogP contribution is -2.29. The standard InChI is InChI=1S/C17H23N3/c1-2-16(14-8-4-3-5-9-14)20-13-18-12-17(20)15-10-6-7-11-19-15/h3-5,8-9,12-13,15-16,19H,2,6-7,10-11H2,1H3. The third-order valence-electron chi connectivity index (χ3n) is 4.27. The Morgan fingerprint density at radius 1 is 1.30 bits per heavy atom. The molecule has 3 rings (SSSR count). The maximum atomic E-state index is 4.41. The van der Waals surface area contributed by atoms with E-state index in [-0.39, 0.29) is 0 Å². The Morgan fingerprint density at radius 2 is 2.15 bits per heavy atom. The Labute approximate surface area is 121 Å². The predicted molar refractivity (Wildman–Crippen MR) is 81.7 cm³/mol. The number of rotatable bonds is 4. The van der Waals surface area contributed by atoms with Gasteiger partial charge in [-0.2, -0.15) is 0 Å². The highest BCUT2D eigenvalue weighted by Crippen LogP contribution is 2.29. The fourth-order valence-electron chi connectivity index (χ4n) is 3.22. The number of nitrogens with one attached hydrogen (secondary N) is 1. The monoisotopic (exact) mass is 269 g/mol. The van der Waals surface area contributed by atoms with Crippen molar-refractivity contribution in [1.82, 2.24) is 14.9 Å². The van der Waals surface area contributed by atoms with E-state index in [2.05, 4.69) is 52.1 Å². The molecule has 1 aromatic carbocycles. The van der Waals surface area contributed by atoms with Gasteiger partial charge in [0.2, 0.25) is 0 Å². The van der Waals surface area contributed by atoms with Crippen molar-refractivity contribution in [3.63, 3.8) is 0 Å². The van der Waals surface area contributed by atoms with Crippen LogP contribution in [0.1, 0.15) is 55.9 Å². The van der Waals surface area contributed by atoms with Gasteiger partial charge in [-0.25, -0.2) is 4.98 Å². The minimum Gasteiger partial charge on any atom is -0.326 e. The van der Waals surface area contributed by atoms with Crippen molar-refractivity contribution in [1.29, 1.82) is 0 Å². The first-order valence-electron chi connectivity index (χ1n) is 7.70. The summed E-state index contributed by atoms with van der Waals surface area (Å²) >= 11 is 0. The quantitative estimate of drug-likeness (QED) is 0.917. The molecule has 0 saturated carbocycles. The Bertz CT molecular complexity index is 526. The molecule has 0 spiro atoms. The molecule has 0 amide bonds. The highest BCUT2D eigenvalue weighted by molar-refractivity contribution is 5.22. The number of nitrogens with zero attached hydrogens (tertiary/aromatic N) is 2. The molecule has 2 atom stereocenters. The molecule has 0 bridgehead atoms. The van der Waals surface area contributed by atoms with E-state index in [0.717, 1.165) is 13.0 Å². The van der Waals surface area contributed by atoms with E-state index < -0.39 is 0 Å². The van der Waals surface area contributed by atoms with Crippen LogP contribution in [0.3, 0.4) is 0 Å². The molecule has 3 nitrogen and oxygen atoms in total. The zero-order valence-electron chi connectivity index (χ0n) is 12.1. The lowest BCUT2D eigenvalue weighted by molar-refractivity contribution is 0.385. The van der Waals surface area contributed by atoms with Crippen molar-refractivity contribution < 1.29 is 0 Å². The van der Waals surface area contributed by atoms with Gasteiger partial charge in [0.25, 0.3) is 0 Å². The zero-order valence-corrected chi connectivity index (χ0v) is 12.1. The van der Waals surface area contributed by atoms with E-state index in [1.54, 1.807) is 0 Å². The molecule has 2 heterocycles. The van der Waals surface area contributed by atoms with Crippen LogP contribution < -0.4 is 5.32 Å². The first-order valence-corrected chi connectivity index (χ1v) is 7.70. The van der Waals surface area contributed by atoms with Crippen molar-refractivity contribution in [2.75, 3.05) is 6.54 Å². The van der Waals surface area contributed by atoms with Crippen molar-refractivity contribution in [2.45, 2.75) is 44.7 Å². The Morgan fingerprint density at radius 3 is 2.85 bits per heavy atom. The molecule has 1 saturated heterocycles. The summed E-state index contributed by atoms with van der Waals surface area (Å²) < 4.78 is 2.36. The molecular formula is C17H23N3. The summed E-state index contributed by atoms with van der Waals surface area (Å²) in [4.78, 5) is 4.41. The van der Waals surface area contributed by atoms with Gasteiger partial charge in [-0.05, 0) is 31.4 Å². The summed E-state index contributed by atoms with van der Waals surface area (Å²) in [6.07, 6.45) is 8.93. The summed E-state index contributed by atoms with van der Waals surface area (Å²) in [6.45, 7) is 3.37. The lowest BCUT2D eigenvalue weighted by Gasteiger charge is -2.27. The zero-order chi connectivity index (χ0) is 13.8. The molecule has 1 fully saturated rings. The first kappa shape index (κ1) is 13.4. The topological polar surface area (TPSA) is 29.9 Å². The second-order valence-corrected chi connectivity index (χ2v) is 5.56. The molecule has 2 aromatic rings. The number of aromatic nitrogens is 2. The summed E-state index contributed by atoms with van der Waals surface area (Å²) in [6, 6.07) is 11.6. The smallest absolute Gasteiger partial charge is 0.0954 e. The van der Waals surface area contributed by atoms with Crippen LogP contribution >= 0.6 is 0 Å². The fraction of sp³-hybridized carbons (Fsp3) is 0.471. The molecule has 1 aliphatic rings. The highest BCUT2D eigenvalue weighted by atomic mass is 15.1. The maximum Gasteiger partial charge on any atom is 0.0954 e. The number of hydrogen-bond donors (Lipinski definition) is 1. The van der Waals surface area contributed by atoms with Gasteiger partial charge >= 0.3 is 0 Å². The predicted octanol–water partition coefficient (Wildman–Crippen LogP) is 3.70. The van der Waals surface area contributed by atoms with E-state index in [1.807, 2.05) is 12.5 Å². The van der Waals surface area contributed by atoms with Crippen LogP contribution in [-0.4, -0.2) is 16.1 Å². The maximum absolute atomic E-state index is 4.41. The average Bonchev–Trinajstić information content (AvgIpc) is 2.99. The van der Waals surface area contributed by atoms with Crippen LogP contribution in [0.15, 0.2) is 42.9 Å². The van der Waals surface area contributed by atoms with Crippen LogP contribution in [0.4, 0.5) is 0 Å². The molecule has 20 heavy (non-hydrogen) atoms. The second-order valence-electron chi connectivity index (χ2n) is 5.56. The summed E-state index contributed by atoms with van der Waals surface area (Å²) in [5.74, 6) is 0. The van der Waals surface area contributed by atoms with Gasteiger partial charge in [-0.1, -0.05) is 43.7 Å². The van der Waals surface area contributed by atoms with Crippen molar-refractivity contribution in [3.05, 3.63) is 54.1 Å². The second kappa shape index (κ2) is 6.23. The van der Waals surface area contributed by atoms with E-state index >= 15 is 0 Å². The number of hydrogen-bond acceptors (Lipinski definition) is 2. The molecule has 3 heteroatoms. The number of imidazole rings is 1. The molecular weight excluding hydrogens is 246 g/mol. The van der Waals surface area contributed by atoms with E-state index in [9.17, 15) is 0 Å². The molecule has 0 aliphatic carbocycles. The van der Waals surface area contributed by atoms with Gasteiger partial charge in [-0.3, -0.25) is 0 Å². The third-order valence-corrected chi connectivity index (χ3v) is 4.27. The largest absolute Gasteiger partial charge is 0.326 e. The van der Waals surface area contributed by atoms with Crippen LogP contribution in [0.2, 0.25) is 0 Å². The fourth-order valence-corrected chi connectivity index (χ4v) is 3.22. The van der Waals surface area contributed by atoms with Crippen molar-refractivity contribution in [3.8, 4) is 0 Å². The van der Waals surface area contributed by atoms with E-state index in [0.29, 0.717) is 12.1 Å². The highest BCUT2D eigenvalue weighted by Gasteiger charge is 2.22. The minimum atomic E-state index is 0.387. The van der Waals surface area contributed by atoms with Gasteiger partial charge in [0.1, 0.15) is 0 Å². The van der Waals surface area contributed by atoms with Crippen LogP contribution in [0.5, 0.6) is 0 Å². The average molecular weight is 269 g/mol. The molecule has 1 aliphatic heterocycles. The van der Waals surface area contributed by atoms with Crippen LogP contribution in [0.25, 0.3) is 0 Å². The molecule has 1 aromatic heterocycles. The van der Waals surface area contributed by atoms with Crippen molar-refractivity contribution in [2.24, 2.45) is 0 Å². The van der Waals surface area contributed by atoms with Gasteiger partial charge in [0.15, 0.2) is 0 Å². The third kappa shape index (κ3) is 2.63. The number of benzene rings is 1. The Kier molecular flexibility index (Phi) is 4.16. The summed E-state index contributed by atoms with van der Waals surface area (Å²) in [5, 5.41) is 3.63. The summed E-state index contributed by atoms with van der Waals surface area (Å²) in [5.41, 5.74) is 2.70. The SMILES string of the molecule is CCC(c1ccccc1)n1cncc1C1CCCCN1. The van der Waals surface area contributed by atoms with E-state index in [4.69, 9.17) is 0 Å². The minimum absolute atomic E-state index is 0.387. The Balaban J connectivity index is 1.91. The van der Waals surface area contributed by atoms with Crippen LogP contribution in [0, 0.1) is 0 Å². The summed E-state index contributed by atoms with van der Waals surface area (Å²) in [7, 11) is 0. The van der Waals surface area contributed by atoms with Crippen LogP contribution in [-0.2, 0) is 0 Å². The normalized spacial score (nSPS) is 20.8. The molecule has 106 valence electrons. The molecule has 0 radical (unpaired) electrons.